The Morgan fingerprint density at radius 3 is 0.911 bits per heavy atom. The van der Waals surface area contributed by atoms with Crippen molar-refractivity contribution in [2.75, 3.05) is 21.3 Å². The number of aryl methyl sites for hydroxylation is 4. The van der Waals surface area contributed by atoms with E-state index >= 15 is 0 Å². The van der Waals surface area contributed by atoms with Crippen molar-refractivity contribution in [1.29, 1.82) is 0 Å². The topological polar surface area (TPSA) is 99.7 Å². The summed E-state index contributed by atoms with van der Waals surface area (Å²) in [5.41, 5.74) is 8.82. The minimum Gasteiger partial charge on any atom is -0.337 e. The highest BCUT2D eigenvalue weighted by molar-refractivity contribution is 5.85. The third kappa shape index (κ3) is 9.77. The van der Waals surface area contributed by atoms with Crippen LogP contribution in [-0.2, 0) is 0 Å². The molecule has 4 N–H and O–H groups in total. The van der Waals surface area contributed by atoms with Crippen molar-refractivity contribution >= 4 is 58.4 Å². The van der Waals surface area contributed by atoms with Crippen molar-refractivity contribution in [2.45, 2.75) is 27.7 Å². The molecule has 0 bridgehead atoms. The van der Waals surface area contributed by atoms with Crippen molar-refractivity contribution in [1.82, 2.24) is 19.9 Å². The lowest BCUT2D eigenvalue weighted by atomic mass is 10.1. The minimum absolute atomic E-state index is 0. The van der Waals surface area contributed by atoms with Gasteiger partial charge < -0.3 is 21.3 Å². The second-order valence-corrected chi connectivity index (χ2v) is 10.5. The molecule has 0 fully saturated rings. The van der Waals surface area contributed by atoms with Crippen LogP contribution in [-0.4, -0.2) is 19.9 Å². The number of para-hydroxylation sites is 2. The normalized spacial score (nSPS) is 10.0. The highest BCUT2D eigenvalue weighted by atomic mass is 35.5. The summed E-state index contributed by atoms with van der Waals surface area (Å²) < 4.78 is 0. The van der Waals surface area contributed by atoms with Gasteiger partial charge in [-0.3, -0.25) is 0 Å². The molecule has 0 aliphatic heterocycles. The van der Waals surface area contributed by atoms with Gasteiger partial charge in [-0.1, -0.05) is 48.5 Å². The maximum atomic E-state index is 4.39. The van der Waals surface area contributed by atoms with Gasteiger partial charge in [-0.05, 0) is 98.5 Å². The summed E-state index contributed by atoms with van der Waals surface area (Å²) >= 11 is 0. The fourth-order valence-electron chi connectivity index (χ4n) is 4.73. The molecule has 45 heavy (non-hydrogen) atoms. The lowest BCUT2D eigenvalue weighted by Crippen LogP contribution is -2.02. The predicted molar refractivity (Wildman–Crippen MR) is 189 cm³/mol. The van der Waals surface area contributed by atoms with E-state index in [4.69, 9.17) is 0 Å². The van der Waals surface area contributed by atoms with Gasteiger partial charge in [0.1, 0.15) is 0 Å². The number of halogens is 1. The van der Waals surface area contributed by atoms with Gasteiger partial charge in [-0.15, -0.1) is 12.4 Å². The maximum Gasteiger partial charge on any atom is 0.173 e. The number of aromatic nitrogens is 4. The smallest absolute Gasteiger partial charge is 0.173 e. The van der Waals surface area contributed by atoms with Crippen molar-refractivity contribution < 1.29 is 0 Å². The standard InChI is InChI=1S/2C18H18N4.ClH/c2*1-13-10-14(2)12-16(11-13)22-18-17(19-8-9-20-18)21-15-6-4-3-5-7-15;/h2*3-12H,1-2H3,(H,19,21)(H,20,22);1H. The Morgan fingerprint density at radius 1 is 0.356 bits per heavy atom. The zero-order valence-electron chi connectivity index (χ0n) is 25.7. The zero-order chi connectivity index (χ0) is 30.7. The number of anilines is 8. The molecule has 0 aliphatic rings. The first kappa shape index (κ1) is 32.4. The number of nitrogens with zero attached hydrogens (tertiary/aromatic N) is 4. The first-order valence-corrected chi connectivity index (χ1v) is 14.4. The molecule has 0 radical (unpaired) electrons. The fourth-order valence-corrected chi connectivity index (χ4v) is 4.73. The first-order valence-electron chi connectivity index (χ1n) is 14.4. The second-order valence-electron chi connectivity index (χ2n) is 10.5. The van der Waals surface area contributed by atoms with Crippen LogP contribution in [0.3, 0.4) is 0 Å². The maximum absolute atomic E-state index is 4.39. The van der Waals surface area contributed by atoms with Crippen molar-refractivity contribution in [3.05, 3.63) is 144 Å². The van der Waals surface area contributed by atoms with Gasteiger partial charge in [0.05, 0.1) is 0 Å². The SMILES string of the molecule is Cc1cc(C)cc(Nc2nccnc2Nc2ccccc2)c1.Cc1cc(C)cc(Nc2nccnc2Nc2ccccc2)c1.Cl. The molecule has 0 amide bonds. The predicted octanol–water partition coefficient (Wildman–Crippen LogP) is 9.58. The number of rotatable bonds is 8. The second kappa shape index (κ2) is 15.8. The van der Waals surface area contributed by atoms with Crippen molar-refractivity contribution in [3.8, 4) is 0 Å². The van der Waals surface area contributed by atoms with Gasteiger partial charge in [0.25, 0.3) is 0 Å². The van der Waals surface area contributed by atoms with Crippen LogP contribution in [0.25, 0.3) is 0 Å². The number of nitrogens with one attached hydrogen (secondary N) is 4. The van der Waals surface area contributed by atoms with Crippen LogP contribution < -0.4 is 21.3 Å². The van der Waals surface area contributed by atoms with Crippen LogP contribution in [0.15, 0.2) is 122 Å². The Balaban J connectivity index is 0.000000200. The van der Waals surface area contributed by atoms with Gasteiger partial charge in [0.2, 0.25) is 0 Å². The highest BCUT2D eigenvalue weighted by Crippen LogP contribution is 2.26. The summed E-state index contributed by atoms with van der Waals surface area (Å²) in [6.45, 7) is 8.33. The quantitative estimate of drug-likeness (QED) is 0.134. The number of benzene rings is 4. The van der Waals surface area contributed by atoms with Crippen LogP contribution in [0.4, 0.5) is 46.0 Å². The van der Waals surface area contributed by atoms with Crippen molar-refractivity contribution in [2.24, 2.45) is 0 Å². The average molecular weight is 617 g/mol. The molecule has 6 aromatic rings. The van der Waals surface area contributed by atoms with E-state index in [-0.39, 0.29) is 12.4 Å². The average Bonchev–Trinajstić information content (AvgIpc) is 3.00. The monoisotopic (exact) mass is 616 g/mol. The molecule has 0 saturated carbocycles. The Labute approximate surface area is 270 Å². The third-order valence-corrected chi connectivity index (χ3v) is 6.44. The molecule has 0 atom stereocenters. The summed E-state index contributed by atoms with van der Waals surface area (Å²) in [6, 6.07) is 32.5. The van der Waals surface area contributed by atoms with Gasteiger partial charge in [0, 0.05) is 47.5 Å². The molecule has 0 saturated heterocycles. The zero-order valence-corrected chi connectivity index (χ0v) is 26.6. The molecule has 0 spiro atoms. The van der Waals surface area contributed by atoms with Crippen LogP contribution >= 0.6 is 12.4 Å². The molecular formula is C36H37ClN8. The molecule has 0 unspecified atom stereocenters. The number of hydrogen-bond acceptors (Lipinski definition) is 8. The van der Waals surface area contributed by atoms with E-state index in [1.165, 1.54) is 22.3 Å². The Bertz CT molecular complexity index is 1640. The Hall–Kier alpha value is -5.47. The molecular weight excluding hydrogens is 580 g/mol. The largest absolute Gasteiger partial charge is 0.337 e. The van der Waals surface area contributed by atoms with E-state index in [2.05, 4.69) is 105 Å². The van der Waals surface area contributed by atoms with E-state index in [0.29, 0.717) is 23.3 Å². The first-order chi connectivity index (χ1) is 21.4. The van der Waals surface area contributed by atoms with Crippen LogP contribution in [0.5, 0.6) is 0 Å². The van der Waals surface area contributed by atoms with Gasteiger partial charge in [-0.25, -0.2) is 19.9 Å². The third-order valence-electron chi connectivity index (χ3n) is 6.44. The van der Waals surface area contributed by atoms with E-state index in [1.54, 1.807) is 24.8 Å². The van der Waals surface area contributed by atoms with Crippen LogP contribution in [0, 0.1) is 27.7 Å². The van der Waals surface area contributed by atoms with Gasteiger partial charge >= 0.3 is 0 Å². The van der Waals surface area contributed by atoms with E-state index in [0.717, 1.165) is 22.7 Å². The Morgan fingerprint density at radius 2 is 0.622 bits per heavy atom. The lowest BCUT2D eigenvalue weighted by molar-refractivity contribution is 1.19. The van der Waals surface area contributed by atoms with Crippen LogP contribution in [0.2, 0.25) is 0 Å². The van der Waals surface area contributed by atoms with E-state index in [9.17, 15) is 0 Å². The summed E-state index contributed by atoms with van der Waals surface area (Å²) in [7, 11) is 0. The molecule has 8 nitrogen and oxygen atoms in total. The number of hydrogen-bond donors (Lipinski definition) is 4. The van der Waals surface area contributed by atoms with E-state index < -0.39 is 0 Å². The van der Waals surface area contributed by atoms with Gasteiger partial charge in [0.15, 0.2) is 23.3 Å². The molecule has 2 aromatic heterocycles. The minimum atomic E-state index is 0. The summed E-state index contributed by atoms with van der Waals surface area (Å²) in [4.78, 5) is 17.5. The van der Waals surface area contributed by atoms with Crippen LogP contribution in [0.1, 0.15) is 22.3 Å². The Kier molecular flexibility index (Phi) is 11.4. The molecule has 4 aromatic carbocycles. The summed E-state index contributed by atoms with van der Waals surface area (Å²) in [6.07, 6.45) is 6.72. The van der Waals surface area contributed by atoms with Gasteiger partial charge in [-0.2, -0.15) is 0 Å². The summed E-state index contributed by atoms with van der Waals surface area (Å²) in [5.74, 6) is 2.81. The molecule has 2 heterocycles. The molecule has 0 aliphatic carbocycles. The molecule has 9 heteroatoms. The van der Waals surface area contributed by atoms with E-state index in [1.807, 2.05) is 60.7 Å². The summed E-state index contributed by atoms with van der Waals surface area (Å²) in [5, 5.41) is 13.2. The van der Waals surface area contributed by atoms with Crippen molar-refractivity contribution in [3.63, 3.8) is 0 Å². The lowest BCUT2D eigenvalue weighted by Gasteiger charge is -2.12. The molecule has 6 rings (SSSR count). The molecule has 228 valence electrons. The fraction of sp³-hybridized carbons (Fsp3) is 0.111. The highest BCUT2D eigenvalue weighted by Gasteiger charge is 2.08.